The number of hydrogen-bond acceptors (Lipinski definition) is 2. The van der Waals surface area contributed by atoms with Gasteiger partial charge < -0.3 is 9.80 Å². The van der Waals surface area contributed by atoms with Crippen molar-refractivity contribution in [2.75, 3.05) is 27.2 Å². The van der Waals surface area contributed by atoms with Crippen LogP contribution >= 0.6 is 38.5 Å². The number of amides is 1. The topological polar surface area (TPSA) is 23.6 Å². The quantitative estimate of drug-likeness (QED) is 0.664. The Labute approximate surface area is 136 Å². The van der Waals surface area contributed by atoms with Gasteiger partial charge in [-0.05, 0) is 83.2 Å². The second-order valence-corrected chi connectivity index (χ2v) is 7.20. The van der Waals surface area contributed by atoms with Crippen molar-refractivity contribution in [3.63, 3.8) is 0 Å². The Morgan fingerprint density at radius 3 is 2.95 bits per heavy atom. The standard InChI is InChI=1S/C14H18BrIN2O/c1-17-7-3-4-11(9-17)18(2)14(19)12-8-10(16)5-6-13(12)15/h5-6,8,11H,3-4,7,9H2,1-2H3. The molecule has 0 aliphatic carbocycles. The van der Waals surface area contributed by atoms with Gasteiger partial charge >= 0.3 is 0 Å². The molecule has 0 radical (unpaired) electrons. The van der Waals surface area contributed by atoms with Crippen molar-refractivity contribution in [1.29, 1.82) is 0 Å². The molecule has 0 spiro atoms. The lowest BCUT2D eigenvalue weighted by molar-refractivity contribution is 0.0643. The Bertz CT molecular complexity index is 481. The Morgan fingerprint density at radius 1 is 1.53 bits per heavy atom. The van der Waals surface area contributed by atoms with Crippen molar-refractivity contribution in [2.45, 2.75) is 18.9 Å². The first-order chi connectivity index (χ1) is 8.99. The molecule has 1 atom stereocenters. The maximum Gasteiger partial charge on any atom is 0.255 e. The maximum atomic E-state index is 12.6. The largest absolute Gasteiger partial charge is 0.337 e. The highest BCUT2D eigenvalue weighted by Crippen LogP contribution is 2.23. The van der Waals surface area contributed by atoms with E-state index in [2.05, 4.69) is 50.5 Å². The van der Waals surface area contributed by atoms with Crippen LogP contribution in [0.4, 0.5) is 0 Å². The Balaban J connectivity index is 2.16. The number of nitrogens with zero attached hydrogens (tertiary/aromatic N) is 2. The molecule has 1 heterocycles. The molecule has 1 aromatic carbocycles. The molecular weight excluding hydrogens is 419 g/mol. The minimum atomic E-state index is 0.102. The minimum absolute atomic E-state index is 0.102. The van der Waals surface area contributed by atoms with Crippen LogP contribution in [0.1, 0.15) is 23.2 Å². The average molecular weight is 437 g/mol. The van der Waals surface area contributed by atoms with Gasteiger partial charge in [0.2, 0.25) is 0 Å². The van der Waals surface area contributed by atoms with Crippen molar-refractivity contribution in [2.24, 2.45) is 0 Å². The molecule has 104 valence electrons. The van der Waals surface area contributed by atoms with Crippen LogP contribution < -0.4 is 0 Å². The molecule has 1 aliphatic rings. The van der Waals surface area contributed by atoms with E-state index in [4.69, 9.17) is 0 Å². The van der Waals surface area contributed by atoms with Gasteiger partial charge in [-0.1, -0.05) is 0 Å². The number of rotatable bonds is 2. The predicted molar refractivity (Wildman–Crippen MR) is 89.5 cm³/mol. The Kier molecular flexibility index (Phi) is 5.25. The van der Waals surface area contributed by atoms with Gasteiger partial charge in [-0.25, -0.2) is 0 Å². The van der Waals surface area contributed by atoms with Crippen LogP contribution in [0.3, 0.4) is 0 Å². The van der Waals surface area contributed by atoms with E-state index >= 15 is 0 Å². The second-order valence-electron chi connectivity index (χ2n) is 5.10. The summed E-state index contributed by atoms with van der Waals surface area (Å²) in [6, 6.07) is 6.19. The highest BCUT2D eigenvalue weighted by Gasteiger charge is 2.26. The lowest BCUT2D eigenvalue weighted by Gasteiger charge is -2.36. The van der Waals surface area contributed by atoms with Crippen LogP contribution in [0.5, 0.6) is 0 Å². The molecular formula is C14H18BrIN2O. The van der Waals surface area contributed by atoms with Crippen LogP contribution in [0.15, 0.2) is 22.7 Å². The van der Waals surface area contributed by atoms with E-state index in [0.29, 0.717) is 6.04 Å². The summed E-state index contributed by atoms with van der Waals surface area (Å²) in [6.07, 6.45) is 2.25. The van der Waals surface area contributed by atoms with Gasteiger partial charge in [0.05, 0.1) is 5.56 Å². The predicted octanol–water partition coefficient (Wildman–Crippen LogP) is 3.22. The highest BCUT2D eigenvalue weighted by molar-refractivity contribution is 14.1. The molecule has 1 aromatic rings. The number of likely N-dealkylation sites (tertiary alicyclic amines) is 1. The number of benzene rings is 1. The molecule has 1 saturated heterocycles. The average Bonchev–Trinajstić information content (AvgIpc) is 2.40. The zero-order valence-corrected chi connectivity index (χ0v) is 14.9. The smallest absolute Gasteiger partial charge is 0.255 e. The fourth-order valence-corrected chi connectivity index (χ4v) is 3.38. The summed E-state index contributed by atoms with van der Waals surface area (Å²) in [4.78, 5) is 16.8. The van der Waals surface area contributed by atoms with Gasteiger partial charge in [-0.3, -0.25) is 4.79 Å². The molecule has 2 rings (SSSR count). The number of hydrogen-bond donors (Lipinski definition) is 0. The van der Waals surface area contributed by atoms with Gasteiger partial charge in [0, 0.05) is 27.7 Å². The van der Waals surface area contributed by atoms with Crippen LogP contribution in [-0.2, 0) is 0 Å². The molecule has 0 saturated carbocycles. The van der Waals surface area contributed by atoms with E-state index in [1.165, 1.54) is 0 Å². The zero-order valence-electron chi connectivity index (χ0n) is 11.2. The van der Waals surface area contributed by atoms with E-state index in [-0.39, 0.29) is 5.91 Å². The summed E-state index contributed by atoms with van der Waals surface area (Å²) in [5, 5.41) is 0. The van der Waals surface area contributed by atoms with Crippen LogP contribution in [0.2, 0.25) is 0 Å². The van der Waals surface area contributed by atoms with Crippen molar-refractivity contribution >= 4 is 44.4 Å². The lowest BCUT2D eigenvalue weighted by Crippen LogP contribution is -2.47. The van der Waals surface area contributed by atoms with Gasteiger partial charge in [0.15, 0.2) is 0 Å². The number of likely N-dealkylation sites (N-methyl/N-ethyl adjacent to an activating group) is 2. The SMILES string of the molecule is CN1CCCC(N(C)C(=O)c2cc(I)ccc2Br)C1. The minimum Gasteiger partial charge on any atom is -0.337 e. The van der Waals surface area contributed by atoms with Crippen LogP contribution in [0, 0.1) is 3.57 Å². The van der Waals surface area contributed by atoms with Crippen molar-refractivity contribution in [1.82, 2.24) is 9.80 Å². The van der Waals surface area contributed by atoms with E-state index in [9.17, 15) is 4.79 Å². The first-order valence-corrected chi connectivity index (χ1v) is 8.27. The van der Waals surface area contributed by atoms with E-state index < -0.39 is 0 Å². The molecule has 0 bridgehead atoms. The monoisotopic (exact) mass is 436 g/mol. The molecule has 3 nitrogen and oxygen atoms in total. The number of carbonyl (C=O) groups is 1. The molecule has 0 N–H and O–H groups in total. The summed E-state index contributed by atoms with van der Waals surface area (Å²) in [7, 11) is 4.03. The Hall–Kier alpha value is -0.140. The number of carbonyl (C=O) groups excluding carboxylic acids is 1. The fraction of sp³-hybridized carbons (Fsp3) is 0.500. The Morgan fingerprint density at radius 2 is 2.26 bits per heavy atom. The third kappa shape index (κ3) is 3.70. The summed E-state index contributed by atoms with van der Waals surface area (Å²) in [5.41, 5.74) is 0.752. The van der Waals surface area contributed by atoms with E-state index in [1.807, 2.05) is 30.1 Å². The van der Waals surface area contributed by atoms with Crippen LogP contribution in [-0.4, -0.2) is 48.9 Å². The molecule has 1 aliphatic heterocycles. The first kappa shape index (κ1) is 15.3. The molecule has 0 aromatic heterocycles. The first-order valence-electron chi connectivity index (χ1n) is 6.40. The van der Waals surface area contributed by atoms with Gasteiger partial charge in [0.1, 0.15) is 0 Å². The normalized spacial score (nSPS) is 20.3. The molecule has 1 unspecified atom stereocenters. The molecule has 1 amide bonds. The summed E-state index contributed by atoms with van der Waals surface area (Å²) < 4.78 is 1.95. The number of halogens is 2. The fourth-order valence-electron chi connectivity index (χ4n) is 2.47. The third-order valence-electron chi connectivity index (χ3n) is 3.63. The molecule has 19 heavy (non-hydrogen) atoms. The second kappa shape index (κ2) is 6.54. The van der Waals surface area contributed by atoms with Crippen molar-refractivity contribution in [3.05, 3.63) is 31.8 Å². The maximum absolute atomic E-state index is 12.6. The highest BCUT2D eigenvalue weighted by atomic mass is 127. The zero-order chi connectivity index (χ0) is 14.0. The van der Waals surface area contributed by atoms with Crippen molar-refractivity contribution < 1.29 is 4.79 Å². The van der Waals surface area contributed by atoms with Gasteiger partial charge in [0.25, 0.3) is 5.91 Å². The van der Waals surface area contributed by atoms with Gasteiger partial charge in [-0.2, -0.15) is 0 Å². The van der Waals surface area contributed by atoms with Gasteiger partial charge in [-0.15, -0.1) is 0 Å². The molecule has 5 heteroatoms. The van der Waals surface area contributed by atoms with Crippen molar-refractivity contribution in [3.8, 4) is 0 Å². The third-order valence-corrected chi connectivity index (χ3v) is 4.99. The number of piperidine rings is 1. The molecule has 1 fully saturated rings. The van der Waals surface area contributed by atoms with E-state index in [0.717, 1.165) is 39.5 Å². The van der Waals surface area contributed by atoms with E-state index in [1.54, 1.807) is 0 Å². The van der Waals surface area contributed by atoms with Crippen LogP contribution in [0.25, 0.3) is 0 Å². The summed E-state index contributed by atoms with van der Waals surface area (Å²) in [6.45, 7) is 2.09. The lowest BCUT2D eigenvalue weighted by atomic mass is 10.0. The summed E-state index contributed by atoms with van der Waals surface area (Å²) >= 11 is 5.71. The summed E-state index contributed by atoms with van der Waals surface area (Å²) in [5.74, 6) is 0.102.